The zero-order valence-corrected chi connectivity index (χ0v) is 22.0. The Bertz CT molecular complexity index is 1520. The molecule has 0 aliphatic carbocycles. The third-order valence-electron chi connectivity index (χ3n) is 5.71. The molecule has 1 N–H and O–H groups in total. The standard InChI is InChI=1S/C27H20F3N3O7S/c1-39-22-11-6-18(27(28,29)30)13-21(22)31-24(34)14-32-25(35)23(41-26(32)36)12-16-4-9-20(10-5-16)40-15-17-2-7-19(8-3-17)33(37)38/h2-13H,14-15H2,1H3,(H,31,34)/b23-12-. The highest BCUT2D eigenvalue weighted by molar-refractivity contribution is 8.18. The van der Waals surface area contributed by atoms with Crippen LogP contribution < -0.4 is 14.8 Å². The van der Waals surface area contributed by atoms with Crippen molar-refractivity contribution in [3.05, 3.63) is 98.4 Å². The van der Waals surface area contributed by atoms with Gasteiger partial charge in [0.1, 0.15) is 24.7 Å². The topological polar surface area (TPSA) is 128 Å². The van der Waals surface area contributed by atoms with Crippen LogP contribution >= 0.6 is 11.8 Å². The SMILES string of the molecule is COc1ccc(C(F)(F)F)cc1NC(=O)CN1C(=O)S/C(=C\c2ccc(OCc3ccc([N+](=O)[O-])cc3)cc2)C1=O. The second-order valence-corrected chi connectivity index (χ2v) is 9.50. The Balaban J connectivity index is 1.37. The lowest BCUT2D eigenvalue weighted by Crippen LogP contribution is -2.36. The van der Waals surface area contributed by atoms with Gasteiger partial charge in [-0.3, -0.25) is 29.4 Å². The number of alkyl halides is 3. The van der Waals surface area contributed by atoms with Gasteiger partial charge in [-0.2, -0.15) is 13.2 Å². The van der Waals surface area contributed by atoms with Crippen LogP contribution in [0.25, 0.3) is 6.08 Å². The Morgan fingerprint density at radius 3 is 2.37 bits per heavy atom. The number of nitrogens with one attached hydrogen (secondary N) is 1. The Kier molecular flexibility index (Phi) is 8.62. The molecule has 0 unspecified atom stereocenters. The number of carbonyl (C=O) groups is 3. The summed E-state index contributed by atoms with van der Waals surface area (Å²) in [5.41, 5.74) is -0.00415. The maximum Gasteiger partial charge on any atom is 0.416 e. The minimum atomic E-state index is -4.65. The number of rotatable bonds is 9. The smallest absolute Gasteiger partial charge is 0.416 e. The fraction of sp³-hybridized carbons (Fsp3) is 0.148. The van der Waals surface area contributed by atoms with E-state index in [2.05, 4.69) is 5.32 Å². The molecule has 3 aromatic rings. The molecule has 1 aliphatic rings. The summed E-state index contributed by atoms with van der Waals surface area (Å²) in [6, 6.07) is 15.0. The fourth-order valence-electron chi connectivity index (χ4n) is 3.64. The van der Waals surface area contributed by atoms with Crippen LogP contribution in [0, 0.1) is 10.1 Å². The number of carbonyl (C=O) groups excluding carboxylic acids is 3. The number of nitrogens with zero attached hydrogens (tertiary/aromatic N) is 2. The number of anilines is 1. The second-order valence-electron chi connectivity index (χ2n) is 8.51. The van der Waals surface area contributed by atoms with Gasteiger partial charge in [-0.05, 0) is 71.4 Å². The summed E-state index contributed by atoms with van der Waals surface area (Å²) in [6.07, 6.45) is -3.20. The predicted octanol–water partition coefficient (Wildman–Crippen LogP) is 5.88. The minimum absolute atomic E-state index is 0.0273. The zero-order chi connectivity index (χ0) is 29.7. The Morgan fingerprint density at radius 1 is 1.07 bits per heavy atom. The molecule has 3 amide bonds. The van der Waals surface area contributed by atoms with E-state index in [4.69, 9.17) is 9.47 Å². The van der Waals surface area contributed by atoms with Gasteiger partial charge < -0.3 is 14.8 Å². The fourth-order valence-corrected chi connectivity index (χ4v) is 4.48. The van der Waals surface area contributed by atoms with Crippen LogP contribution in [0.1, 0.15) is 16.7 Å². The molecule has 1 aliphatic heterocycles. The first-order valence-corrected chi connectivity index (χ1v) is 12.5. The molecule has 0 radical (unpaired) electrons. The number of non-ortho nitro benzene ring substituents is 1. The molecule has 41 heavy (non-hydrogen) atoms. The van der Waals surface area contributed by atoms with Gasteiger partial charge in [0, 0.05) is 12.1 Å². The lowest BCUT2D eigenvalue weighted by atomic mass is 10.1. The number of ether oxygens (including phenoxy) is 2. The molecule has 14 heteroatoms. The number of methoxy groups -OCH3 is 1. The first-order chi connectivity index (χ1) is 19.4. The molecule has 1 saturated heterocycles. The highest BCUT2D eigenvalue weighted by Crippen LogP contribution is 2.36. The molecule has 1 fully saturated rings. The number of hydrogen-bond donors (Lipinski definition) is 1. The lowest BCUT2D eigenvalue weighted by Gasteiger charge is -2.16. The molecule has 0 saturated carbocycles. The normalized spacial score (nSPS) is 14.3. The number of nitro groups is 1. The number of imide groups is 1. The second kappa shape index (κ2) is 12.1. The molecule has 10 nitrogen and oxygen atoms in total. The van der Waals surface area contributed by atoms with Crippen LogP contribution in [0.5, 0.6) is 11.5 Å². The van der Waals surface area contributed by atoms with Crippen molar-refractivity contribution in [3.8, 4) is 11.5 Å². The number of nitro benzene ring substituents is 1. The van der Waals surface area contributed by atoms with Gasteiger partial charge in [-0.25, -0.2) is 0 Å². The van der Waals surface area contributed by atoms with Crippen molar-refractivity contribution >= 4 is 46.3 Å². The Hall–Kier alpha value is -4.85. The van der Waals surface area contributed by atoms with E-state index >= 15 is 0 Å². The first kappa shape index (κ1) is 29.1. The van der Waals surface area contributed by atoms with Gasteiger partial charge >= 0.3 is 6.18 Å². The van der Waals surface area contributed by atoms with E-state index in [1.54, 1.807) is 36.4 Å². The lowest BCUT2D eigenvalue weighted by molar-refractivity contribution is -0.384. The molecule has 4 rings (SSSR count). The summed E-state index contributed by atoms with van der Waals surface area (Å²) >= 11 is 0.619. The minimum Gasteiger partial charge on any atom is -0.495 e. The van der Waals surface area contributed by atoms with Crippen LogP contribution in [0.4, 0.5) is 29.3 Å². The average molecular weight is 588 g/mol. The van der Waals surface area contributed by atoms with Crippen molar-refractivity contribution in [2.75, 3.05) is 19.0 Å². The number of benzene rings is 3. The van der Waals surface area contributed by atoms with Crippen LogP contribution in [0.2, 0.25) is 0 Å². The average Bonchev–Trinajstić information content (AvgIpc) is 3.19. The van der Waals surface area contributed by atoms with Crippen molar-refractivity contribution in [1.29, 1.82) is 0 Å². The van der Waals surface area contributed by atoms with E-state index in [1.165, 1.54) is 25.3 Å². The summed E-state index contributed by atoms with van der Waals surface area (Å²) in [5, 5.41) is 12.3. The summed E-state index contributed by atoms with van der Waals surface area (Å²) in [5.74, 6) is -1.15. The first-order valence-electron chi connectivity index (χ1n) is 11.7. The number of halogens is 3. The summed E-state index contributed by atoms with van der Waals surface area (Å²) in [4.78, 5) is 48.8. The van der Waals surface area contributed by atoms with Gasteiger partial charge in [-0.15, -0.1) is 0 Å². The van der Waals surface area contributed by atoms with Gasteiger partial charge in [0.05, 0.1) is 28.2 Å². The number of thioether (sulfide) groups is 1. The molecule has 0 spiro atoms. The van der Waals surface area contributed by atoms with Crippen molar-refractivity contribution in [1.82, 2.24) is 4.90 Å². The third kappa shape index (κ3) is 7.22. The van der Waals surface area contributed by atoms with E-state index in [1.807, 2.05) is 0 Å². The van der Waals surface area contributed by atoms with Gasteiger partial charge in [0.2, 0.25) is 5.91 Å². The van der Waals surface area contributed by atoms with Crippen LogP contribution in [0.3, 0.4) is 0 Å². The van der Waals surface area contributed by atoms with E-state index in [0.29, 0.717) is 34.0 Å². The van der Waals surface area contributed by atoms with Crippen LogP contribution in [-0.2, 0) is 22.4 Å². The van der Waals surface area contributed by atoms with Crippen molar-refractivity contribution in [2.45, 2.75) is 12.8 Å². The molecular weight excluding hydrogens is 567 g/mol. The third-order valence-corrected chi connectivity index (χ3v) is 6.61. The highest BCUT2D eigenvalue weighted by atomic mass is 32.2. The summed E-state index contributed by atoms with van der Waals surface area (Å²) in [7, 11) is 1.22. The Labute approximate surface area is 234 Å². The van der Waals surface area contributed by atoms with Gasteiger partial charge in [0.25, 0.3) is 16.8 Å². The molecule has 0 aromatic heterocycles. The van der Waals surface area contributed by atoms with Gasteiger partial charge in [-0.1, -0.05) is 12.1 Å². The molecular formula is C27H20F3N3O7S. The largest absolute Gasteiger partial charge is 0.495 e. The van der Waals surface area contributed by atoms with E-state index in [0.717, 1.165) is 17.7 Å². The maximum atomic E-state index is 13.1. The number of hydrogen-bond acceptors (Lipinski definition) is 8. The maximum absolute atomic E-state index is 13.1. The Morgan fingerprint density at radius 2 is 1.76 bits per heavy atom. The molecule has 0 bridgehead atoms. The predicted molar refractivity (Wildman–Crippen MR) is 143 cm³/mol. The summed E-state index contributed by atoms with van der Waals surface area (Å²) in [6.45, 7) is -0.540. The highest BCUT2D eigenvalue weighted by Gasteiger charge is 2.37. The quantitative estimate of drug-likeness (QED) is 0.187. The van der Waals surface area contributed by atoms with E-state index in [9.17, 15) is 37.7 Å². The molecule has 3 aromatic carbocycles. The molecule has 1 heterocycles. The zero-order valence-electron chi connectivity index (χ0n) is 21.1. The van der Waals surface area contributed by atoms with Crippen LogP contribution in [-0.4, -0.2) is 40.5 Å². The van der Waals surface area contributed by atoms with E-state index in [-0.39, 0.29) is 28.6 Å². The van der Waals surface area contributed by atoms with Crippen molar-refractivity contribution in [3.63, 3.8) is 0 Å². The van der Waals surface area contributed by atoms with Crippen LogP contribution in [0.15, 0.2) is 71.6 Å². The number of amides is 3. The van der Waals surface area contributed by atoms with Crippen molar-refractivity contribution in [2.24, 2.45) is 0 Å². The van der Waals surface area contributed by atoms with Crippen molar-refractivity contribution < 1.29 is 42.0 Å². The summed E-state index contributed by atoms with van der Waals surface area (Å²) < 4.78 is 49.9. The molecule has 0 atom stereocenters. The van der Waals surface area contributed by atoms with Gasteiger partial charge in [0.15, 0.2) is 0 Å². The van der Waals surface area contributed by atoms with E-state index < -0.39 is 40.3 Å². The monoisotopic (exact) mass is 587 g/mol. The molecule has 212 valence electrons.